The van der Waals surface area contributed by atoms with Gasteiger partial charge >= 0.3 is 0 Å². The summed E-state index contributed by atoms with van der Waals surface area (Å²) in [5, 5.41) is 12.6. The highest BCUT2D eigenvalue weighted by Crippen LogP contribution is 2.42. The Kier molecular flexibility index (Phi) is 6.62. The van der Waals surface area contributed by atoms with Crippen LogP contribution in [0, 0.1) is 25.2 Å². The molecule has 0 aromatic heterocycles. The van der Waals surface area contributed by atoms with Crippen LogP contribution >= 0.6 is 11.8 Å². The van der Waals surface area contributed by atoms with Crippen molar-refractivity contribution < 1.29 is 9.59 Å². The number of thioether (sulfide) groups is 1. The zero-order chi connectivity index (χ0) is 23.4. The van der Waals surface area contributed by atoms with E-state index in [0.717, 1.165) is 16.7 Å². The summed E-state index contributed by atoms with van der Waals surface area (Å²) >= 11 is 1.27. The van der Waals surface area contributed by atoms with Gasteiger partial charge in [-0.25, -0.2) is 0 Å². The lowest BCUT2D eigenvalue weighted by Gasteiger charge is -2.19. The van der Waals surface area contributed by atoms with Gasteiger partial charge in [0.05, 0.1) is 5.25 Å². The monoisotopic (exact) mass is 453 g/mol. The fraction of sp³-hybridized carbons (Fsp3) is 0.148. The number of nitrogens with zero attached hydrogens (tertiary/aromatic N) is 2. The van der Waals surface area contributed by atoms with Crippen LogP contribution < -0.4 is 10.2 Å². The minimum absolute atomic E-state index is 0.0786. The number of hydrogen-bond acceptors (Lipinski definition) is 4. The van der Waals surface area contributed by atoms with Crippen LogP contribution in [-0.4, -0.2) is 17.1 Å². The minimum atomic E-state index is -0.533. The number of benzene rings is 3. The van der Waals surface area contributed by atoms with Crippen molar-refractivity contribution in [3.05, 3.63) is 106 Å². The number of nitrogens with one attached hydrogen (secondary N) is 1. The molecule has 3 aromatic carbocycles. The normalized spacial score (nSPS) is 16.9. The van der Waals surface area contributed by atoms with Crippen molar-refractivity contribution in [3.8, 4) is 6.07 Å². The molecule has 1 fully saturated rings. The molecule has 0 unspecified atom stereocenters. The van der Waals surface area contributed by atoms with E-state index in [2.05, 4.69) is 5.32 Å². The van der Waals surface area contributed by atoms with Gasteiger partial charge in [-0.05, 0) is 50.1 Å². The van der Waals surface area contributed by atoms with Gasteiger partial charge in [0, 0.05) is 11.4 Å². The molecule has 0 saturated carbocycles. The molecular formula is C27H23N3O2S. The van der Waals surface area contributed by atoms with Gasteiger partial charge in [-0.1, -0.05) is 77.5 Å². The van der Waals surface area contributed by atoms with Gasteiger partial charge in [-0.2, -0.15) is 5.26 Å². The second-order valence-electron chi connectivity index (χ2n) is 7.92. The van der Waals surface area contributed by atoms with Crippen LogP contribution in [0.4, 0.5) is 11.4 Å². The molecule has 1 heterocycles. The molecule has 5 nitrogen and oxygen atoms in total. The van der Waals surface area contributed by atoms with Gasteiger partial charge in [0.2, 0.25) is 5.91 Å². The minimum Gasteiger partial charge on any atom is -0.321 e. The number of hydrogen-bond donors (Lipinski definition) is 1. The Morgan fingerprint density at radius 3 is 2.18 bits per heavy atom. The average molecular weight is 454 g/mol. The van der Waals surface area contributed by atoms with Gasteiger partial charge in [0.25, 0.3) is 5.91 Å². The molecule has 0 spiro atoms. The fourth-order valence-electron chi connectivity index (χ4n) is 3.57. The molecule has 164 valence electrons. The fourth-order valence-corrected chi connectivity index (χ4v) is 4.88. The van der Waals surface area contributed by atoms with E-state index in [1.165, 1.54) is 16.7 Å². The Hall–Kier alpha value is -3.82. The summed E-state index contributed by atoms with van der Waals surface area (Å²) in [6.07, 6.45) is 0.508. The van der Waals surface area contributed by atoms with E-state index in [1.54, 1.807) is 12.1 Å². The number of amides is 2. The smallest absolute Gasteiger partial charge is 0.269 e. The molecule has 2 amide bonds. The quantitative estimate of drug-likeness (QED) is 0.416. The van der Waals surface area contributed by atoms with Gasteiger partial charge < -0.3 is 5.32 Å². The van der Waals surface area contributed by atoms with Crippen LogP contribution in [0.2, 0.25) is 0 Å². The van der Waals surface area contributed by atoms with Crippen molar-refractivity contribution in [1.29, 1.82) is 5.26 Å². The lowest BCUT2D eigenvalue weighted by atomic mass is 10.1. The van der Waals surface area contributed by atoms with Crippen LogP contribution in [0.1, 0.15) is 16.7 Å². The maximum Gasteiger partial charge on any atom is 0.269 e. The van der Waals surface area contributed by atoms with Gasteiger partial charge in [-0.15, -0.1) is 0 Å². The molecular weight excluding hydrogens is 430 g/mol. The Bertz CT molecular complexity index is 1240. The van der Waals surface area contributed by atoms with Crippen molar-refractivity contribution in [1.82, 2.24) is 0 Å². The Balaban J connectivity index is 1.72. The van der Waals surface area contributed by atoms with E-state index in [-0.39, 0.29) is 11.5 Å². The molecule has 0 aliphatic carbocycles. The van der Waals surface area contributed by atoms with E-state index in [4.69, 9.17) is 0 Å². The third-order valence-corrected chi connectivity index (χ3v) is 6.63. The first-order chi connectivity index (χ1) is 16.0. The molecule has 1 aliphatic heterocycles. The molecule has 4 rings (SSSR count). The van der Waals surface area contributed by atoms with Crippen LogP contribution in [0.3, 0.4) is 0 Å². The molecule has 1 saturated heterocycles. The lowest BCUT2D eigenvalue weighted by molar-refractivity contribution is -0.117. The standard InChI is InChI=1S/C27H23N3O2S/c1-18-8-12-21(13-9-18)29-25(31)23(17-28)27-30(22-14-10-19(2)11-15-22)26(32)24(33-27)16-20-6-4-3-5-7-20/h3-15,24H,16H2,1-2H3,(H,29,31)/b27-23-/t24-/m0/s1. The highest BCUT2D eigenvalue weighted by atomic mass is 32.2. The van der Waals surface area contributed by atoms with Crippen molar-refractivity contribution >= 4 is 35.0 Å². The molecule has 33 heavy (non-hydrogen) atoms. The van der Waals surface area contributed by atoms with Gasteiger partial charge in [0.15, 0.2) is 0 Å². The average Bonchev–Trinajstić information content (AvgIpc) is 3.12. The SMILES string of the molecule is Cc1ccc(NC(=O)/C(C#N)=C2\S[C@@H](Cc3ccccc3)C(=O)N2c2ccc(C)cc2)cc1. The van der Waals surface area contributed by atoms with E-state index in [1.807, 2.05) is 86.6 Å². The third-order valence-electron chi connectivity index (χ3n) is 5.37. The molecule has 0 radical (unpaired) electrons. The number of carbonyl (C=O) groups excluding carboxylic acids is 2. The van der Waals surface area contributed by atoms with Crippen molar-refractivity contribution in [2.45, 2.75) is 25.5 Å². The molecule has 0 bridgehead atoms. The maximum absolute atomic E-state index is 13.5. The summed E-state index contributed by atoms with van der Waals surface area (Å²) in [7, 11) is 0. The summed E-state index contributed by atoms with van der Waals surface area (Å²) in [4.78, 5) is 28.1. The lowest BCUT2D eigenvalue weighted by Crippen LogP contribution is -2.30. The predicted molar refractivity (Wildman–Crippen MR) is 133 cm³/mol. The molecule has 1 aliphatic rings. The molecule has 3 aromatic rings. The number of anilines is 2. The highest BCUT2D eigenvalue weighted by Gasteiger charge is 2.40. The Morgan fingerprint density at radius 1 is 0.970 bits per heavy atom. The first kappa shape index (κ1) is 22.4. The van der Waals surface area contributed by atoms with Crippen molar-refractivity contribution in [2.75, 3.05) is 10.2 Å². The Morgan fingerprint density at radius 2 is 1.58 bits per heavy atom. The highest BCUT2D eigenvalue weighted by molar-refractivity contribution is 8.05. The van der Waals surface area contributed by atoms with E-state index in [0.29, 0.717) is 22.8 Å². The largest absolute Gasteiger partial charge is 0.321 e. The summed E-state index contributed by atoms with van der Waals surface area (Å²) < 4.78 is 0. The second kappa shape index (κ2) is 9.76. The summed E-state index contributed by atoms with van der Waals surface area (Å²) in [6.45, 7) is 3.93. The molecule has 6 heteroatoms. The van der Waals surface area contributed by atoms with E-state index in [9.17, 15) is 14.9 Å². The maximum atomic E-state index is 13.5. The second-order valence-corrected chi connectivity index (χ2v) is 9.11. The summed E-state index contributed by atoms with van der Waals surface area (Å²) in [5.41, 5.74) is 4.30. The number of aryl methyl sites for hydroxylation is 2. The summed E-state index contributed by atoms with van der Waals surface area (Å²) in [5.74, 6) is -0.673. The summed E-state index contributed by atoms with van der Waals surface area (Å²) in [6, 6.07) is 26.6. The van der Waals surface area contributed by atoms with E-state index >= 15 is 0 Å². The topological polar surface area (TPSA) is 73.2 Å². The third kappa shape index (κ3) is 5.00. The van der Waals surface area contributed by atoms with Crippen LogP contribution in [0.15, 0.2) is 89.5 Å². The number of nitriles is 1. The number of carbonyl (C=O) groups is 2. The predicted octanol–water partition coefficient (Wildman–Crippen LogP) is 5.37. The van der Waals surface area contributed by atoms with E-state index < -0.39 is 11.2 Å². The van der Waals surface area contributed by atoms with Crippen molar-refractivity contribution in [3.63, 3.8) is 0 Å². The Labute approximate surface area is 197 Å². The zero-order valence-electron chi connectivity index (χ0n) is 18.4. The van der Waals surface area contributed by atoms with Crippen LogP contribution in [-0.2, 0) is 16.0 Å². The number of rotatable bonds is 5. The van der Waals surface area contributed by atoms with Gasteiger partial charge in [-0.3, -0.25) is 14.5 Å². The first-order valence-electron chi connectivity index (χ1n) is 10.6. The molecule has 1 atom stereocenters. The zero-order valence-corrected chi connectivity index (χ0v) is 19.2. The van der Waals surface area contributed by atoms with Crippen LogP contribution in [0.5, 0.6) is 0 Å². The molecule has 1 N–H and O–H groups in total. The van der Waals surface area contributed by atoms with Crippen LogP contribution in [0.25, 0.3) is 0 Å². The van der Waals surface area contributed by atoms with Gasteiger partial charge in [0.1, 0.15) is 16.7 Å². The first-order valence-corrected chi connectivity index (χ1v) is 11.5. The van der Waals surface area contributed by atoms with Crippen molar-refractivity contribution in [2.24, 2.45) is 0 Å².